The number of hydrogen-bond acceptors (Lipinski definition) is 5. The van der Waals surface area contributed by atoms with Crippen LogP contribution in [-0.4, -0.2) is 28.9 Å². The van der Waals surface area contributed by atoms with Crippen molar-refractivity contribution in [3.05, 3.63) is 47.2 Å². The van der Waals surface area contributed by atoms with Crippen molar-refractivity contribution in [1.29, 1.82) is 0 Å². The molecular formula is C20H25NO5. The minimum atomic E-state index is -1.46. The highest BCUT2D eigenvalue weighted by Crippen LogP contribution is 2.47. The van der Waals surface area contributed by atoms with Crippen molar-refractivity contribution < 1.29 is 24.2 Å². The monoisotopic (exact) mass is 359 g/mol. The van der Waals surface area contributed by atoms with Crippen LogP contribution in [-0.2, 0) is 25.7 Å². The number of carboxylic acid groups (broad SMARTS) is 1. The summed E-state index contributed by atoms with van der Waals surface area (Å²) in [6.07, 6.45) is 0.877. The first-order valence-corrected chi connectivity index (χ1v) is 8.61. The SMILES string of the molecule is CCC1C(C(=O)OCc2ccccc2)=C(C=O)NC1(C(=O)O)C(C)(C)C. The Labute approximate surface area is 153 Å². The van der Waals surface area contributed by atoms with Gasteiger partial charge in [-0.15, -0.1) is 0 Å². The summed E-state index contributed by atoms with van der Waals surface area (Å²) in [6.45, 7) is 7.18. The lowest BCUT2D eigenvalue weighted by Crippen LogP contribution is -2.62. The van der Waals surface area contributed by atoms with Crippen molar-refractivity contribution in [2.24, 2.45) is 11.3 Å². The molecule has 0 aliphatic carbocycles. The summed E-state index contributed by atoms with van der Waals surface area (Å²) in [6, 6.07) is 9.17. The van der Waals surface area contributed by atoms with Crippen molar-refractivity contribution in [1.82, 2.24) is 5.32 Å². The van der Waals surface area contributed by atoms with E-state index in [4.69, 9.17) is 4.74 Å². The summed E-state index contributed by atoms with van der Waals surface area (Å²) >= 11 is 0. The Hall–Kier alpha value is -2.63. The van der Waals surface area contributed by atoms with Crippen LogP contribution in [0.5, 0.6) is 0 Å². The lowest BCUT2D eigenvalue weighted by Gasteiger charge is -2.43. The summed E-state index contributed by atoms with van der Waals surface area (Å²) in [4.78, 5) is 36.5. The zero-order valence-electron chi connectivity index (χ0n) is 15.5. The molecule has 0 aromatic heterocycles. The van der Waals surface area contributed by atoms with Gasteiger partial charge in [0.2, 0.25) is 0 Å². The van der Waals surface area contributed by atoms with E-state index < -0.39 is 28.8 Å². The Morgan fingerprint density at radius 1 is 1.27 bits per heavy atom. The van der Waals surface area contributed by atoms with E-state index in [0.717, 1.165) is 5.56 Å². The highest BCUT2D eigenvalue weighted by atomic mass is 16.5. The van der Waals surface area contributed by atoms with Gasteiger partial charge in [-0.3, -0.25) is 4.79 Å². The summed E-state index contributed by atoms with van der Waals surface area (Å²) in [7, 11) is 0. The fourth-order valence-electron chi connectivity index (χ4n) is 3.66. The summed E-state index contributed by atoms with van der Waals surface area (Å²) in [5.74, 6) is -2.44. The van der Waals surface area contributed by atoms with Crippen molar-refractivity contribution in [3.8, 4) is 0 Å². The maximum Gasteiger partial charge on any atom is 0.336 e. The second kappa shape index (κ2) is 7.32. The van der Waals surface area contributed by atoms with E-state index in [0.29, 0.717) is 12.7 Å². The van der Waals surface area contributed by atoms with Crippen molar-refractivity contribution in [2.75, 3.05) is 0 Å². The first-order valence-electron chi connectivity index (χ1n) is 8.61. The number of ether oxygens (including phenoxy) is 1. The molecule has 2 N–H and O–H groups in total. The van der Waals surface area contributed by atoms with E-state index in [1.807, 2.05) is 30.3 Å². The average molecular weight is 359 g/mol. The number of carboxylic acids is 1. The number of rotatable bonds is 6. The molecule has 6 heteroatoms. The molecule has 26 heavy (non-hydrogen) atoms. The summed E-state index contributed by atoms with van der Waals surface area (Å²) < 4.78 is 5.37. The summed E-state index contributed by atoms with van der Waals surface area (Å²) in [5.41, 5.74) is -1.29. The Morgan fingerprint density at radius 3 is 2.35 bits per heavy atom. The molecule has 140 valence electrons. The maximum absolute atomic E-state index is 12.7. The number of aliphatic carboxylic acids is 1. The van der Waals surface area contributed by atoms with Crippen LogP contribution in [0.4, 0.5) is 0 Å². The van der Waals surface area contributed by atoms with Crippen LogP contribution < -0.4 is 5.32 Å². The van der Waals surface area contributed by atoms with E-state index in [9.17, 15) is 19.5 Å². The molecule has 0 amide bonds. The van der Waals surface area contributed by atoms with Crippen LogP contribution in [0.2, 0.25) is 0 Å². The third-order valence-electron chi connectivity index (χ3n) is 4.97. The second-order valence-electron chi connectivity index (χ2n) is 7.46. The van der Waals surface area contributed by atoms with Gasteiger partial charge in [0, 0.05) is 5.92 Å². The summed E-state index contributed by atoms with van der Waals surface area (Å²) in [5, 5.41) is 12.8. The zero-order valence-corrected chi connectivity index (χ0v) is 15.5. The van der Waals surface area contributed by atoms with Crippen LogP contribution in [0.3, 0.4) is 0 Å². The highest BCUT2D eigenvalue weighted by molar-refractivity contribution is 6.00. The zero-order chi connectivity index (χ0) is 19.5. The Balaban J connectivity index is 2.37. The van der Waals surface area contributed by atoms with Gasteiger partial charge in [-0.05, 0) is 17.4 Å². The topological polar surface area (TPSA) is 92.7 Å². The Bertz CT molecular complexity index is 732. The number of esters is 1. The molecule has 1 aliphatic heterocycles. The Kier molecular flexibility index (Phi) is 5.54. The van der Waals surface area contributed by atoms with Crippen LogP contribution in [0.15, 0.2) is 41.6 Å². The van der Waals surface area contributed by atoms with E-state index >= 15 is 0 Å². The van der Waals surface area contributed by atoms with Gasteiger partial charge in [-0.2, -0.15) is 0 Å². The molecule has 2 rings (SSSR count). The molecule has 2 atom stereocenters. The van der Waals surface area contributed by atoms with E-state index in [1.165, 1.54) is 0 Å². The molecule has 0 saturated heterocycles. The van der Waals surface area contributed by atoms with Crippen LogP contribution in [0, 0.1) is 11.3 Å². The predicted molar refractivity (Wildman–Crippen MR) is 96.1 cm³/mol. The Morgan fingerprint density at radius 2 is 1.88 bits per heavy atom. The molecule has 0 spiro atoms. The molecule has 0 radical (unpaired) electrons. The van der Waals surface area contributed by atoms with E-state index in [2.05, 4.69) is 5.32 Å². The first kappa shape index (κ1) is 19.7. The van der Waals surface area contributed by atoms with Crippen LogP contribution >= 0.6 is 0 Å². The van der Waals surface area contributed by atoms with Gasteiger partial charge in [0.25, 0.3) is 0 Å². The molecule has 0 fully saturated rings. The molecule has 1 heterocycles. The van der Waals surface area contributed by atoms with Crippen molar-refractivity contribution in [3.63, 3.8) is 0 Å². The van der Waals surface area contributed by atoms with Gasteiger partial charge in [-0.1, -0.05) is 58.0 Å². The smallest absolute Gasteiger partial charge is 0.336 e. The van der Waals surface area contributed by atoms with Gasteiger partial charge < -0.3 is 15.2 Å². The minimum Gasteiger partial charge on any atom is -0.479 e. The maximum atomic E-state index is 12.7. The molecule has 0 bridgehead atoms. The first-order chi connectivity index (χ1) is 12.2. The fourth-order valence-corrected chi connectivity index (χ4v) is 3.66. The lowest BCUT2D eigenvalue weighted by molar-refractivity contribution is -0.152. The molecule has 1 aromatic carbocycles. The molecule has 6 nitrogen and oxygen atoms in total. The predicted octanol–water partition coefficient (Wildman–Crippen LogP) is 2.68. The van der Waals surface area contributed by atoms with E-state index in [1.54, 1.807) is 27.7 Å². The third-order valence-corrected chi connectivity index (χ3v) is 4.97. The molecular weight excluding hydrogens is 334 g/mol. The van der Waals surface area contributed by atoms with Crippen molar-refractivity contribution in [2.45, 2.75) is 46.3 Å². The number of allylic oxidation sites excluding steroid dienone is 1. The standard InChI is InChI=1S/C20H25NO5/c1-5-14-16(17(23)26-12-13-9-7-6-8-10-13)15(11-22)21-20(14,18(24)25)19(2,3)4/h6-11,14,21H,5,12H2,1-4H3,(H,24,25). The number of carbonyl (C=O) groups excluding carboxylic acids is 2. The average Bonchev–Trinajstić information content (AvgIpc) is 2.96. The largest absolute Gasteiger partial charge is 0.479 e. The molecule has 1 aliphatic rings. The number of benzene rings is 1. The van der Waals surface area contributed by atoms with Crippen molar-refractivity contribution >= 4 is 18.2 Å². The number of nitrogens with one attached hydrogen (secondary N) is 1. The van der Waals surface area contributed by atoms with Gasteiger partial charge in [0.15, 0.2) is 6.29 Å². The van der Waals surface area contributed by atoms with Gasteiger partial charge in [0.1, 0.15) is 12.1 Å². The molecule has 0 saturated carbocycles. The minimum absolute atomic E-state index is 0.00719. The van der Waals surface area contributed by atoms with Gasteiger partial charge in [0.05, 0.1) is 11.3 Å². The second-order valence-corrected chi connectivity index (χ2v) is 7.46. The van der Waals surface area contributed by atoms with Crippen LogP contribution in [0.25, 0.3) is 0 Å². The van der Waals surface area contributed by atoms with Gasteiger partial charge in [-0.25, -0.2) is 9.59 Å². The van der Waals surface area contributed by atoms with Crippen LogP contribution in [0.1, 0.15) is 39.7 Å². The number of aldehydes is 1. The third kappa shape index (κ3) is 3.23. The van der Waals surface area contributed by atoms with Gasteiger partial charge >= 0.3 is 11.9 Å². The quantitative estimate of drug-likeness (QED) is 0.599. The normalized spacial score (nSPS) is 22.7. The molecule has 2 unspecified atom stereocenters. The lowest BCUT2D eigenvalue weighted by atomic mass is 9.65. The highest BCUT2D eigenvalue weighted by Gasteiger charge is 2.60. The number of hydrogen-bond donors (Lipinski definition) is 2. The number of carbonyl (C=O) groups is 3. The van der Waals surface area contributed by atoms with E-state index in [-0.39, 0.29) is 17.9 Å². The fraction of sp³-hybridized carbons (Fsp3) is 0.450. The molecule has 1 aromatic rings.